The molecule has 1 fully saturated rings. The van der Waals surface area contributed by atoms with Gasteiger partial charge in [0.1, 0.15) is 6.04 Å². The van der Waals surface area contributed by atoms with Gasteiger partial charge in [-0.15, -0.1) is 0 Å². The summed E-state index contributed by atoms with van der Waals surface area (Å²) in [6.07, 6.45) is 0. The molecule has 3 rings (SSSR count). The van der Waals surface area contributed by atoms with Crippen LogP contribution in [0.1, 0.15) is 27.0 Å². The largest absolute Gasteiger partial charge is 0.379 e. The lowest BCUT2D eigenvalue weighted by Crippen LogP contribution is -2.50. The topological polar surface area (TPSA) is 117 Å². The number of hydroxylamine groups is 1. The van der Waals surface area contributed by atoms with Gasteiger partial charge in [-0.3, -0.25) is 19.7 Å². The first-order valence-corrected chi connectivity index (χ1v) is 10.5. The number of benzene rings is 2. The monoisotopic (exact) mass is 446 g/mol. The molecule has 2 aromatic rings. The predicted molar refractivity (Wildman–Crippen MR) is 123 cm³/mol. The van der Waals surface area contributed by atoms with Crippen LogP contribution in [-0.4, -0.2) is 60.8 Å². The van der Waals surface area contributed by atoms with Crippen molar-refractivity contribution in [1.82, 2.24) is 15.7 Å². The van der Waals surface area contributed by atoms with Gasteiger partial charge >= 0.3 is 0 Å². The van der Waals surface area contributed by atoms with Crippen LogP contribution in [-0.2, 0) is 16.1 Å². The summed E-state index contributed by atoms with van der Waals surface area (Å²) in [5.74, 6) is 10.4. The van der Waals surface area contributed by atoms with Gasteiger partial charge in [-0.05, 0) is 53.8 Å². The SMILES string of the molecule is NC[C@H](NC(=O)c1ccc(C#CC#Cc2ccc(CN3CCOCC3)cc2)cc1)C(=O)NO. The van der Waals surface area contributed by atoms with E-state index in [9.17, 15) is 9.59 Å². The maximum atomic E-state index is 12.2. The number of nitrogens with one attached hydrogen (secondary N) is 2. The molecular formula is C25H26N4O4. The van der Waals surface area contributed by atoms with Gasteiger partial charge in [0, 0.05) is 42.9 Å². The molecule has 8 nitrogen and oxygen atoms in total. The molecular weight excluding hydrogens is 420 g/mol. The highest BCUT2D eigenvalue weighted by Gasteiger charge is 2.19. The fourth-order valence-corrected chi connectivity index (χ4v) is 3.17. The summed E-state index contributed by atoms with van der Waals surface area (Å²) in [5, 5.41) is 11.1. The molecule has 170 valence electrons. The molecule has 8 heteroatoms. The molecule has 1 heterocycles. The summed E-state index contributed by atoms with van der Waals surface area (Å²) in [7, 11) is 0. The summed E-state index contributed by atoms with van der Waals surface area (Å²) in [6.45, 7) is 4.26. The average Bonchev–Trinajstić information content (AvgIpc) is 2.86. The molecule has 2 aromatic carbocycles. The van der Waals surface area contributed by atoms with Crippen LogP contribution in [0.3, 0.4) is 0 Å². The lowest BCUT2D eigenvalue weighted by molar-refractivity contribution is -0.130. The number of nitrogens with zero attached hydrogens (tertiary/aromatic N) is 1. The van der Waals surface area contributed by atoms with E-state index >= 15 is 0 Å². The van der Waals surface area contributed by atoms with Gasteiger partial charge in [-0.2, -0.15) is 0 Å². The second-order valence-electron chi connectivity index (χ2n) is 7.40. The quantitative estimate of drug-likeness (QED) is 0.291. The molecule has 33 heavy (non-hydrogen) atoms. The van der Waals surface area contributed by atoms with Gasteiger partial charge in [0.15, 0.2) is 0 Å². The molecule has 5 N–H and O–H groups in total. The fourth-order valence-electron chi connectivity index (χ4n) is 3.17. The minimum Gasteiger partial charge on any atom is -0.379 e. The standard InChI is InChI=1S/C25H26N4O4/c26-17-23(25(31)28-32)27-24(30)22-11-9-20(10-12-22)4-2-1-3-19-5-7-21(8-6-19)18-29-13-15-33-16-14-29/h5-12,23,32H,13-18,26H2,(H,27,30)(H,28,31)/t23-/m0/s1. The van der Waals surface area contributed by atoms with Crippen molar-refractivity contribution in [3.8, 4) is 23.7 Å². The van der Waals surface area contributed by atoms with E-state index in [-0.39, 0.29) is 6.54 Å². The first kappa shape index (κ1) is 24.0. The first-order valence-electron chi connectivity index (χ1n) is 10.5. The number of hydrogen-bond donors (Lipinski definition) is 4. The Morgan fingerprint density at radius 2 is 1.58 bits per heavy atom. The highest BCUT2D eigenvalue weighted by atomic mass is 16.5. The Kier molecular flexibility index (Phi) is 9.01. The van der Waals surface area contributed by atoms with Crippen LogP contribution in [0.4, 0.5) is 0 Å². The van der Waals surface area contributed by atoms with E-state index in [1.165, 1.54) is 11.0 Å². The van der Waals surface area contributed by atoms with Gasteiger partial charge in [-0.1, -0.05) is 24.0 Å². The van der Waals surface area contributed by atoms with Crippen molar-refractivity contribution in [3.63, 3.8) is 0 Å². The molecule has 0 unspecified atom stereocenters. The number of nitrogens with two attached hydrogens (primary N) is 1. The smallest absolute Gasteiger partial charge is 0.267 e. The third-order valence-electron chi connectivity index (χ3n) is 5.05. The van der Waals surface area contributed by atoms with Gasteiger partial charge in [0.25, 0.3) is 11.8 Å². The summed E-state index contributed by atoms with van der Waals surface area (Å²) >= 11 is 0. The van der Waals surface area contributed by atoms with E-state index in [2.05, 4.69) is 46.0 Å². The van der Waals surface area contributed by atoms with E-state index in [1.807, 2.05) is 12.1 Å². The van der Waals surface area contributed by atoms with Crippen LogP contribution >= 0.6 is 0 Å². The third-order valence-corrected chi connectivity index (χ3v) is 5.05. The maximum Gasteiger partial charge on any atom is 0.267 e. The number of hydrogen-bond acceptors (Lipinski definition) is 6. The first-order chi connectivity index (χ1) is 16.1. The Morgan fingerprint density at radius 3 is 2.12 bits per heavy atom. The molecule has 1 aliphatic heterocycles. The van der Waals surface area contributed by atoms with Crippen molar-refractivity contribution < 1.29 is 19.5 Å². The lowest BCUT2D eigenvalue weighted by Gasteiger charge is -2.26. The van der Waals surface area contributed by atoms with E-state index < -0.39 is 17.9 Å². The summed E-state index contributed by atoms with van der Waals surface area (Å²) in [5.41, 5.74) is 10.1. The molecule has 0 spiro atoms. The van der Waals surface area contributed by atoms with Crippen molar-refractivity contribution in [2.24, 2.45) is 5.73 Å². The molecule has 2 amide bonds. The Labute approximate surface area is 193 Å². The number of carbonyl (C=O) groups is 2. The molecule has 0 bridgehead atoms. The number of ether oxygens (including phenoxy) is 1. The zero-order valence-corrected chi connectivity index (χ0v) is 18.1. The van der Waals surface area contributed by atoms with Crippen LogP contribution in [0.5, 0.6) is 0 Å². The molecule has 1 saturated heterocycles. The molecule has 0 saturated carbocycles. The third kappa shape index (κ3) is 7.46. The fraction of sp³-hybridized carbons (Fsp3) is 0.280. The Bertz CT molecular complexity index is 1070. The second-order valence-corrected chi connectivity index (χ2v) is 7.40. The minimum atomic E-state index is -1.02. The van der Waals surface area contributed by atoms with Crippen molar-refractivity contribution in [3.05, 3.63) is 70.8 Å². The van der Waals surface area contributed by atoms with E-state index in [0.717, 1.165) is 38.4 Å². The molecule has 1 aliphatic rings. The van der Waals surface area contributed by atoms with E-state index in [4.69, 9.17) is 15.7 Å². The number of amides is 2. The number of rotatable bonds is 6. The lowest BCUT2D eigenvalue weighted by atomic mass is 10.1. The minimum absolute atomic E-state index is 0.142. The number of morpholine rings is 1. The summed E-state index contributed by atoms with van der Waals surface area (Å²) in [4.78, 5) is 26.0. The number of carbonyl (C=O) groups excluding carboxylic acids is 2. The van der Waals surface area contributed by atoms with Gasteiger partial charge in [0.2, 0.25) is 0 Å². The Balaban J connectivity index is 1.53. The zero-order chi connectivity index (χ0) is 23.5. The van der Waals surface area contributed by atoms with Crippen molar-refractivity contribution >= 4 is 11.8 Å². The van der Waals surface area contributed by atoms with Gasteiger partial charge < -0.3 is 15.8 Å². The van der Waals surface area contributed by atoms with Crippen LogP contribution in [0.15, 0.2) is 48.5 Å². The van der Waals surface area contributed by atoms with Gasteiger partial charge in [0.05, 0.1) is 13.2 Å². The Morgan fingerprint density at radius 1 is 1.00 bits per heavy atom. The van der Waals surface area contributed by atoms with Gasteiger partial charge in [-0.25, -0.2) is 5.48 Å². The van der Waals surface area contributed by atoms with Crippen LogP contribution in [0.2, 0.25) is 0 Å². The van der Waals surface area contributed by atoms with Crippen molar-refractivity contribution in [2.75, 3.05) is 32.8 Å². The van der Waals surface area contributed by atoms with Crippen LogP contribution < -0.4 is 16.5 Å². The average molecular weight is 447 g/mol. The Hall–Kier alpha value is -3.66. The maximum absolute atomic E-state index is 12.2. The van der Waals surface area contributed by atoms with Crippen molar-refractivity contribution in [2.45, 2.75) is 12.6 Å². The summed E-state index contributed by atoms with van der Waals surface area (Å²) < 4.78 is 5.37. The van der Waals surface area contributed by atoms with E-state index in [0.29, 0.717) is 11.1 Å². The highest BCUT2D eigenvalue weighted by Crippen LogP contribution is 2.09. The van der Waals surface area contributed by atoms with E-state index in [1.54, 1.807) is 24.3 Å². The van der Waals surface area contributed by atoms with Crippen molar-refractivity contribution in [1.29, 1.82) is 0 Å². The molecule has 0 radical (unpaired) electrons. The van der Waals surface area contributed by atoms with Crippen LogP contribution in [0, 0.1) is 23.7 Å². The zero-order valence-electron chi connectivity index (χ0n) is 18.1. The molecule has 0 aromatic heterocycles. The second kappa shape index (κ2) is 12.4. The molecule has 1 atom stereocenters. The highest BCUT2D eigenvalue weighted by molar-refractivity contribution is 5.97. The molecule has 0 aliphatic carbocycles. The predicted octanol–water partition coefficient (Wildman–Crippen LogP) is 0.485. The normalized spacial score (nSPS) is 14.1. The van der Waals surface area contributed by atoms with Crippen LogP contribution in [0.25, 0.3) is 0 Å². The summed E-state index contributed by atoms with van der Waals surface area (Å²) in [6, 6.07) is 13.7.